The molecule has 1 N–H and O–H groups in total. The van der Waals surface area contributed by atoms with Gasteiger partial charge >= 0.3 is 6.18 Å². The number of thiophene rings is 1. The summed E-state index contributed by atoms with van der Waals surface area (Å²) in [4.78, 5) is 0.645. The van der Waals surface area contributed by atoms with Crippen LogP contribution in [0.15, 0.2) is 17.5 Å². The fourth-order valence-corrected chi connectivity index (χ4v) is 3.40. The van der Waals surface area contributed by atoms with Crippen molar-refractivity contribution in [2.24, 2.45) is 11.8 Å². The Hall–Kier alpha value is -0.550. The lowest BCUT2D eigenvalue weighted by Gasteiger charge is -2.35. The van der Waals surface area contributed by atoms with E-state index in [1.54, 1.807) is 17.5 Å². The van der Waals surface area contributed by atoms with Crippen molar-refractivity contribution in [3.8, 4) is 0 Å². The Morgan fingerprint density at radius 1 is 1.29 bits per heavy atom. The van der Waals surface area contributed by atoms with Crippen LogP contribution in [0.4, 0.5) is 13.2 Å². The molecule has 1 heterocycles. The third kappa shape index (κ3) is 2.83. The third-order valence-electron chi connectivity index (χ3n) is 3.48. The Balaban J connectivity index is 2.16. The van der Waals surface area contributed by atoms with Gasteiger partial charge in [0, 0.05) is 10.8 Å². The summed E-state index contributed by atoms with van der Waals surface area (Å²) in [6.07, 6.45) is -3.16. The fraction of sp³-hybridized carbons (Fsp3) is 0.667. The molecule has 1 aliphatic rings. The summed E-state index contributed by atoms with van der Waals surface area (Å²) in [7, 11) is 0. The van der Waals surface area contributed by atoms with Crippen LogP contribution in [-0.2, 0) is 0 Å². The Bertz CT molecular complexity index is 347. The maximum absolute atomic E-state index is 12.9. The zero-order chi connectivity index (χ0) is 12.5. The summed E-state index contributed by atoms with van der Waals surface area (Å²) in [6.45, 7) is 0. The van der Waals surface area contributed by atoms with Gasteiger partial charge in [0.1, 0.15) is 0 Å². The zero-order valence-electron chi connectivity index (χ0n) is 9.28. The van der Waals surface area contributed by atoms with E-state index in [-0.39, 0.29) is 6.42 Å². The lowest BCUT2D eigenvalue weighted by Crippen LogP contribution is -2.36. The normalized spacial score (nSPS) is 28.0. The molecule has 1 nitrogen and oxygen atoms in total. The minimum Gasteiger partial charge on any atom is -0.387 e. The number of aliphatic hydroxyl groups is 1. The number of halogens is 3. The second kappa shape index (κ2) is 4.98. The molecule has 3 atom stereocenters. The first kappa shape index (κ1) is 12.9. The van der Waals surface area contributed by atoms with Crippen LogP contribution in [0.2, 0.25) is 0 Å². The van der Waals surface area contributed by atoms with Crippen molar-refractivity contribution in [3.63, 3.8) is 0 Å². The topological polar surface area (TPSA) is 20.2 Å². The van der Waals surface area contributed by atoms with E-state index < -0.39 is 24.1 Å². The van der Waals surface area contributed by atoms with E-state index >= 15 is 0 Å². The lowest BCUT2D eigenvalue weighted by atomic mass is 9.75. The van der Waals surface area contributed by atoms with E-state index in [1.807, 2.05) is 0 Å². The van der Waals surface area contributed by atoms with E-state index in [0.29, 0.717) is 17.7 Å². The van der Waals surface area contributed by atoms with Crippen molar-refractivity contribution >= 4 is 11.3 Å². The van der Waals surface area contributed by atoms with Crippen LogP contribution in [0.1, 0.15) is 36.7 Å². The van der Waals surface area contributed by atoms with Crippen molar-refractivity contribution in [3.05, 3.63) is 22.4 Å². The van der Waals surface area contributed by atoms with Gasteiger partial charge in [-0.2, -0.15) is 13.2 Å². The van der Waals surface area contributed by atoms with Crippen molar-refractivity contribution in [1.29, 1.82) is 0 Å². The Morgan fingerprint density at radius 2 is 2.00 bits per heavy atom. The van der Waals surface area contributed by atoms with Gasteiger partial charge in [0.2, 0.25) is 0 Å². The molecule has 1 aromatic rings. The molecule has 0 aromatic carbocycles. The summed E-state index contributed by atoms with van der Waals surface area (Å²) in [6, 6.07) is 3.46. The number of aliphatic hydroxyl groups excluding tert-OH is 1. The number of rotatable bonds is 2. The lowest BCUT2D eigenvalue weighted by molar-refractivity contribution is -0.207. The van der Waals surface area contributed by atoms with Crippen LogP contribution in [0.3, 0.4) is 0 Å². The van der Waals surface area contributed by atoms with Gasteiger partial charge in [0.05, 0.1) is 12.0 Å². The van der Waals surface area contributed by atoms with Crippen molar-refractivity contribution in [1.82, 2.24) is 0 Å². The highest BCUT2D eigenvalue weighted by Crippen LogP contribution is 2.46. The van der Waals surface area contributed by atoms with Crippen LogP contribution in [0.25, 0.3) is 0 Å². The van der Waals surface area contributed by atoms with E-state index in [2.05, 4.69) is 0 Å². The molecule has 1 aliphatic carbocycles. The SMILES string of the molecule is OC(c1cccs1)C1CCCCC1C(F)(F)F. The predicted octanol–water partition coefficient (Wildman–Crippen LogP) is 4.15. The van der Waals surface area contributed by atoms with Crippen molar-refractivity contribution < 1.29 is 18.3 Å². The molecule has 1 fully saturated rings. The van der Waals surface area contributed by atoms with Crippen LogP contribution < -0.4 is 0 Å². The zero-order valence-corrected chi connectivity index (χ0v) is 10.1. The summed E-state index contributed by atoms with van der Waals surface area (Å²) in [5.41, 5.74) is 0. The van der Waals surface area contributed by atoms with Gasteiger partial charge in [0.25, 0.3) is 0 Å². The van der Waals surface area contributed by atoms with Gasteiger partial charge in [-0.25, -0.2) is 0 Å². The highest BCUT2D eigenvalue weighted by atomic mass is 32.1. The van der Waals surface area contributed by atoms with E-state index in [1.165, 1.54) is 11.3 Å². The van der Waals surface area contributed by atoms with Crippen molar-refractivity contribution in [2.45, 2.75) is 38.0 Å². The summed E-state index contributed by atoms with van der Waals surface area (Å²) < 4.78 is 38.7. The average Bonchev–Trinajstić information content (AvgIpc) is 2.80. The van der Waals surface area contributed by atoms with Crippen molar-refractivity contribution in [2.75, 3.05) is 0 Å². The summed E-state index contributed by atoms with van der Waals surface area (Å²) in [5.74, 6) is -2.03. The molecule has 3 unspecified atom stereocenters. The van der Waals surface area contributed by atoms with Gasteiger partial charge in [0.15, 0.2) is 0 Å². The molecule has 96 valence electrons. The average molecular weight is 264 g/mol. The predicted molar refractivity (Wildman–Crippen MR) is 60.8 cm³/mol. The minimum atomic E-state index is -4.19. The third-order valence-corrected chi connectivity index (χ3v) is 4.42. The Kier molecular flexibility index (Phi) is 3.78. The van der Waals surface area contributed by atoms with Gasteiger partial charge in [-0.05, 0) is 24.3 Å². The Labute approximate surface area is 102 Å². The van der Waals surface area contributed by atoms with Gasteiger partial charge in [-0.3, -0.25) is 0 Å². The highest BCUT2D eigenvalue weighted by molar-refractivity contribution is 7.10. The monoisotopic (exact) mass is 264 g/mol. The molecule has 0 saturated heterocycles. The quantitative estimate of drug-likeness (QED) is 0.850. The molecule has 2 rings (SSSR count). The highest BCUT2D eigenvalue weighted by Gasteiger charge is 2.47. The Morgan fingerprint density at radius 3 is 2.59 bits per heavy atom. The van der Waals surface area contributed by atoms with Gasteiger partial charge in [-0.1, -0.05) is 18.9 Å². The molecular weight excluding hydrogens is 249 g/mol. The maximum atomic E-state index is 12.9. The molecule has 1 aromatic heterocycles. The van der Waals surface area contributed by atoms with Gasteiger partial charge < -0.3 is 5.11 Å². The number of hydrogen-bond acceptors (Lipinski definition) is 2. The van der Waals surface area contributed by atoms with Crippen LogP contribution in [-0.4, -0.2) is 11.3 Å². The van der Waals surface area contributed by atoms with Crippen LogP contribution >= 0.6 is 11.3 Å². The molecule has 1 saturated carbocycles. The smallest absolute Gasteiger partial charge is 0.387 e. The van der Waals surface area contributed by atoms with Crippen LogP contribution in [0, 0.1) is 11.8 Å². The first-order valence-corrected chi connectivity index (χ1v) is 6.66. The summed E-state index contributed by atoms with van der Waals surface area (Å²) >= 11 is 1.32. The molecule has 0 aliphatic heterocycles. The van der Waals surface area contributed by atoms with Gasteiger partial charge in [-0.15, -0.1) is 11.3 Å². The maximum Gasteiger partial charge on any atom is 0.392 e. The molecule has 0 amide bonds. The second-order valence-corrected chi connectivity index (χ2v) is 5.54. The minimum absolute atomic E-state index is 0.149. The molecule has 0 bridgehead atoms. The largest absolute Gasteiger partial charge is 0.392 e. The summed E-state index contributed by atoms with van der Waals surface area (Å²) in [5, 5.41) is 11.9. The first-order valence-electron chi connectivity index (χ1n) is 5.78. The molecular formula is C12H15F3OS. The van der Waals surface area contributed by atoms with E-state index in [4.69, 9.17) is 0 Å². The second-order valence-electron chi connectivity index (χ2n) is 4.56. The first-order chi connectivity index (χ1) is 8.00. The van der Waals surface area contributed by atoms with E-state index in [9.17, 15) is 18.3 Å². The number of alkyl halides is 3. The molecule has 0 radical (unpaired) electrons. The number of hydrogen-bond donors (Lipinski definition) is 1. The molecule has 0 spiro atoms. The van der Waals surface area contributed by atoms with E-state index in [0.717, 1.165) is 6.42 Å². The van der Waals surface area contributed by atoms with Crippen LogP contribution in [0.5, 0.6) is 0 Å². The molecule has 17 heavy (non-hydrogen) atoms. The fourth-order valence-electron chi connectivity index (χ4n) is 2.61. The standard InChI is InChI=1S/C12H15F3OS/c13-12(14,15)9-5-2-1-4-8(9)11(16)10-6-3-7-17-10/h3,6-9,11,16H,1-2,4-5H2. The molecule has 5 heteroatoms.